The van der Waals surface area contributed by atoms with Gasteiger partial charge in [0.25, 0.3) is 0 Å². The predicted octanol–water partition coefficient (Wildman–Crippen LogP) is 3.54. The first-order valence-electron chi connectivity index (χ1n) is 7.73. The van der Waals surface area contributed by atoms with Gasteiger partial charge < -0.3 is 15.3 Å². The van der Waals surface area contributed by atoms with Crippen LogP contribution in [0.5, 0.6) is 0 Å². The number of hydrogen-bond acceptors (Lipinski definition) is 3. The highest BCUT2D eigenvalue weighted by molar-refractivity contribution is 9.10. The van der Waals surface area contributed by atoms with Gasteiger partial charge in [0.05, 0.1) is 11.8 Å². The highest BCUT2D eigenvalue weighted by Crippen LogP contribution is 2.31. The zero-order valence-electron chi connectivity index (χ0n) is 13.5. The van der Waals surface area contributed by atoms with E-state index in [0.29, 0.717) is 5.92 Å². The molecular formula is C17H27BrN2O. The summed E-state index contributed by atoms with van der Waals surface area (Å²) in [6.45, 7) is 11.2. The van der Waals surface area contributed by atoms with E-state index < -0.39 is 0 Å². The molecule has 1 aliphatic heterocycles. The van der Waals surface area contributed by atoms with Gasteiger partial charge in [-0.1, -0.05) is 13.0 Å². The van der Waals surface area contributed by atoms with E-state index >= 15 is 0 Å². The molecule has 2 N–H and O–H groups in total. The first kappa shape index (κ1) is 16.8. The molecule has 2 rings (SSSR count). The molecular weight excluding hydrogens is 328 g/mol. The van der Waals surface area contributed by atoms with Crippen molar-refractivity contribution in [3.05, 3.63) is 28.2 Å². The Bertz CT molecular complexity index is 484. The maximum Gasteiger partial charge on any atom is 0.0741 e. The molecule has 1 aliphatic rings. The highest BCUT2D eigenvalue weighted by atomic mass is 79.9. The van der Waals surface area contributed by atoms with Crippen molar-refractivity contribution in [2.45, 2.75) is 52.3 Å². The lowest BCUT2D eigenvalue weighted by atomic mass is 9.95. The molecule has 1 aromatic rings. The Morgan fingerprint density at radius 1 is 1.38 bits per heavy atom. The molecule has 0 amide bonds. The summed E-state index contributed by atoms with van der Waals surface area (Å²) >= 11 is 3.69. The lowest BCUT2D eigenvalue weighted by Gasteiger charge is -2.36. The molecule has 4 heteroatoms. The van der Waals surface area contributed by atoms with Gasteiger partial charge in [-0.15, -0.1) is 0 Å². The minimum absolute atomic E-state index is 0.123. The molecule has 118 valence electrons. The fourth-order valence-corrected chi connectivity index (χ4v) is 3.23. The molecule has 2 atom stereocenters. The second-order valence-corrected chi connectivity index (χ2v) is 8.02. The van der Waals surface area contributed by atoms with Crippen molar-refractivity contribution in [3.63, 3.8) is 0 Å². The van der Waals surface area contributed by atoms with Crippen LogP contribution in [0.25, 0.3) is 0 Å². The normalized spacial score (nSPS) is 23.4. The van der Waals surface area contributed by atoms with Gasteiger partial charge in [0.2, 0.25) is 0 Å². The zero-order chi connectivity index (χ0) is 15.6. The van der Waals surface area contributed by atoms with Gasteiger partial charge in [0.1, 0.15) is 0 Å². The van der Waals surface area contributed by atoms with Gasteiger partial charge in [0.15, 0.2) is 0 Å². The third-order valence-corrected chi connectivity index (χ3v) is 4.73. The molecule has 1 fully saturated rings. The van der Waals surface area contributed by atoms with Crippen LogP contribution in [0.15, 0.2) is 22.7 Å². The maximum absolute atomic E-state index is 10.1. The van der Waals surface area contributed by atoms with Crippen LogP contribution in [0.1, 0.15) is 39.7 Å². The number of piperidine rings is 1. The number of β-amino-alcohol motifs (C(OH)–C–C–N with tert-alkyl or cyclic N) is 1. The summed E-state index contributed by atoms with van der Waals surface area (Å²) in [5, 5.41) is 13.6. The van der Waals surface area contributed by atoms with Crippen molar-refractivity contribution in [1.82, 2.24) is 5.32 Å². The van der Waals surface area contributed by atoms with Crippen molar-refractivity contribution in [3.8, 4) is 0 Å². The summed E-state index contributed by atoms with van der Waals surface area (Å²) in [5.41, 5.74) is 2.57. The number of benzene rings is 1. The number of nitrogens with one attached hydrogen (secondary N) is 1. The summed E-state index contributed by atoms with van der Waals surface area (Å²) < 4.78 is 1.11. The van der Waals surface area contributed by atoms with Crippen molar-refractivity contribution >= 4 is 21.6 Å². The molecule has 2 unspecified atom stereocenters. The number of anilines is 1. The summed E-state index contributed by atoms with van der Waals surface area (Å²) in [5.74, 6) is 0.398. The van der Waals surface area contributed by atoms with Crippen LogP contribution in [0.4, 0.5) is 5.69 Å². The van der Waals surface area contributed by atoms with Crippen molar-refractivity contribution in [2.75, 3.05) is 18.0 Å². The second kappa shape index (κ2) is 6.67. The van der Waals surface area contributed by atoms with E-state index in [1.54, 1.807) is 0 Å². The molecule has 0 bridgehead atoms. The van der Waals surface area contributed by atoms with Crippen molar-refractivity contribution in [1.29, 1.82) is 0 Å². The van der Waals surface area contributed by atoms with Crippen LogP contribution in [0.3, 0.4) is 0 Å². The predicted molar refractivity (Wildman–Crippen MR) is 92.7 cm³/mol. The van der Waals surface area contributed by atoms with Crippen molar-refractivity contribution in [2.24, 2.45) is 5.92 Å². The fraction of sp³-hybridized carbons (Fsp3) is 0.647. The Balaban J connectivity index is 2.05. The van der Waals surface area contributed by atoms with Crippen LogP contribution in [0, 0.1) is 5.92 Å². The van der Waals surface area contributed by atoms with Crippen LogP contribution < -0.4 is 10.2 Å². The molecule has 0 saturated carbocycles. The molecule has 1 aromatic carbocycles. The second-order valence-electron chi connectivity index (χ2n) is 7.17. The van der Waals surface area contributed by atoms with E-state index in [9.17, 15) is 5.11 Å². The van der Waals surface area contributed by atoms with Crippen LogP contribution in [-0.2, 0) is 6.54 Å². The van der Waals surface area contributed by atoms with Gasteiger partial charge in [0, 0.05) is 29.6 Å². The van der Waals surface area contributed by atoms with Gasteiger partial charge in [-0.25, -0.2) is 0 Å². The minimum Gasteiger partial charge on any atom is -0.391 e. The van der Waals surface area contributed by atoms with E-state index in [1.807, 2.05) is 0 Å². The Morgan fingerprint density at radius 3 is 2.67 bits per heavy atom. The molecule has 0 aliphatic carbocycles. The van der Waals surface area contributed by atoms with Crippen LogP contribution in [-0.4, -0.2) is 29.8 Å². The summed E-state index contributed by atoms with van der Waals surface area (Å²) in [6.07, 6.45) is 0.814. The largest absolute Gasteiger partial charge is 0.391 e. The van der Waals surface area contributed by atoms with Gasteiger partial charge in [-0.3, -0.25) is 0 Å². The number of aliphatic hydroxyl groups is 1. The molecule has 0 spiro atoms. The van der Waals surface area contributed by atoms with E-state index in [4.69, 9.17) is 0 Å². The van der Waals surface area contributed by atoms with E-state index in [2.05, 4.69) is 72.0 Å². The Kier molecular flexibility index (Phi) is 5.33. The number of rotatable bonds is 3. The molecule has 21 heavy (non-hydrogen) atoms. The third-order valence-electron chi connectivity index (χ3n) is 4.09. The molecule has 0 radical (unpaired) electrons. The molecule has 1 heterocycles. The van der Waals surface area contributed by atoms with Crippen LogP contribution >= 0.6 is 15.9 Å². The Hall–Kier alpha value is -0.580. The van der Waals surface area contributed by atoms with E-state index in [0.717, 1.165) is 30.5 Å². The molecule has 3 nitrogen and oxygen atoms in total. The third kappa shape index (κ3) is 4.70. The first-order chi connectivity index (χ1) is 9.76. The molecule has 1 saturated heterocycles. The lowest BCUT2D eigenvalue weighted by Crippen LogP contribution is -2.43. The number of hydrogen-bond donors (Lipinski definition) is 2. The SMILES string of the molecule is CC1CCN(c2ccc(CNC(C)(C)C)cc2Br)CC1O. The summed E-state index contributed by atoms with van der Waals surface area (Å²) in [7, 11) is 0. The fourth-order valence-electron chi connectivity index (χ4n) is 2.55. The smallest absolute Gasteiger partial charge is 0.0741 e. The highest BCUT2D eigenvalue weighted by Gasteiger charge is 2.25. The summed E-state index contributed by atoms with van der Waals surface area (Å²) in [4.78, 5) is 2.27. The quantitative estimate of drug-likeness (QED) is 0.871. The number of aliphatic hydroxyl groups excluding tert-OH is 1. The minimum atomic E-state index is -0.229. The monoisotopic (exact) mass is 354 g/mol. The van der Waals surface area contributed by atoms with Crippen LogP contribution in [0.2, 0.25) is 0 Å². The number of halogens is 1. The Labute approximate surface area is 136 Å². The zero-order valence-corrected chi connectivity index (χ0v) is 15.1. The van der Waals surface area contributed by atoms with Gasteiger partial charge in [-0.2, -0.15) is 0 Å². The van der Waals surface area contributed by atoms with E-state index in [-0.39, 0.29) is 11.6 Å². The average molecular weight is 355 g/mol. The lowest BCUT2D eigenvalue weighted by molar-refractivity contribution is 0.103. The van der Waals surface area contributed by atoms with E-state index in [1.165, 1.54) is 11.3 Å². The standard InChI is InChI=1S/C17H27BrN2O/c1-12-7-8-20(11-16(12)21)15-6-5-13(9-14(15)18)10-19-17(2,3)4/h5-6,9,12,16,19,21H,7-8,10-11H2,1-4H3. The first-order valence-corrected chi connectivity index (χ1v) is 8.52. The Morgan fingerprint density at radius 2 is 2.10 bits per heavy atom. The maximum atomic E-state index is 10.1. The number of nitrogens with zero attached hydrogens (tertiary/aromatic N) is 1. The molecule has 0 aromatic heterocycles. The van der Waals surface area contributed by atoms with Gasteiger partial charge >= 0.3 is 0 Å². The van der Waals surface area contributed by atoms with Crippen molar-refractivity contribution < 1.29 is 5.11 Å². The average Bonchev–Trinajstić information content (AvgIpc) is 2.39. The topological polar surface area (TPSA) is 35.5 Å². The summed E-state index contributed by atoms with van der Waals surface area (Å²) in [6, 6.07) is 6.51. The van der Waals surface area contributed by atoms with Gasteiger partial charge in [-0.05, 0) is 66.7 Å².